The fourth-order valence-electron chi connectivity index (χ4n) is 1.11. The quantitative estimate of drug-likeness (QED) is 0.627. The van der Waals surface area contributed by atoms with Crippen molar-refractivity contribution >= 4 is 15.7 Å². The highest BCUT2D eigenvalue weighted by molar-refractivity contribution is 7.91. The number of sulfone groups is 1. The zero-order chi connectivity index (χ0) is 11.9. The molecule has 0 aliphatic carbocycles. The maximum absolute atomic E-state index is 11.2. The van der Waals surface area contributed by atoms with Crippen LogP contribution in [-0.2, 0) is 14.6 Å². The van der Waals surface area contributed by atoms with E-state index in [1.807, 2.05) is 0 Å². The lowest BCUT2D eigenvalue weighted by atomic mass is 10.3. The van der Waals surface area contributed by atoms with Gasteiger partial charge in [-0.3, -0.25) is 4.79 Å². The number of carbonyl (C=O) groups excluding carboxylic acids is 1. The van der Waals surface area contributed by atoms with Crippen molar-refractivity contribution in [1.29, 1.82) is 0 Å². The molecule has 6 heteroatoms. The number of amides is 1. The highest BCUT2D eigenvalue weighted by Gasteiger charge is 2.12. The van der Waals surface area contributed by atoms with Gasteiger partial charge in [0.2, 0.25) is 5.91 Å². The molecule has 0 aromatic rings. The summed E-state index contributed by atoms with van der Waals surface area (Å²) in [4.78, 5) is 10.9. The monoisotopic (exact) mass is 236 g/mol. The van der Waals surface area contributed by atoms with Crippen LogP contribution in [0.4, 0.5) is 0 Å². The number of hydrogen-bond donors (Lipinski definition) is 2. The van der Waals surface area contributed by atoms with E-state index in [0.29, 0.717) is 13.0 Å². The molecule has 0 saturated carbocycles. The molecule has 0 aliphatic heterocycles. The smallest absolute Gasteiger partial charge is 0.221 e. The molecule has 0 spiro atoms. The van der Waals surface area contributed by atoms with Crippen LogP contribution < -0.4 is 10.6 Å². The summed E-state index contributed by atoms with van der Waals surface area (Å²) in [6.45, 7) is 3.93. The maximum atomic E-state index is 11.2. The van der Waals surface area contributed by atoms with Gasteiger partial charge < -0.3 is 10.6 Å². The first-order valence-electron chi connectivity index (χ1n) is 5.05. The summed E-state index contributed by atoms with van der Waals surface area (Å²) in [5.41, 5.74) is 0. The van der Waals surface area contributed by atoms with Gasteiger partial charge in [0, 0.05) is 31.8 Å². The van der Waals surface area contributed by atoms with Crippen molar-refractivity contribution in [3.8, 4) is 0 Å². The van der Waals surface area contributed by atoms with Crippen molar-refractivity contribution < 1.29 is 13.2 Å². The van der Waals surface area contributed by atoms with Gasteiger partial charge in [-0.1, -0.05) is 6.92 Å². The summed E-state index contributed by atoms with van der Waals surface area (Å²) in [6, 6.07) is -0.111. The lowest BCUT2D eigenvalue weighted by Crippen LogP contribution is -2.36. The van der Waals surface area contributed by atoms with E-state index in [1.165, 1.54) is 0 Å². The third-order valence-electron chi connectivity index (χ3n) is 2.07. The summed E-state index contributed by atoms with van der Waals surface area (Å²) in [6.07, 6.45) is 0.368. The van der Waals surface area contributed by atoms with E-state index < -0.39 is 9.84 Å². The molecule has 2 N–H and O–H groups in total. The van der Waals surface area contributed by atoms with Gasteiger partial charge in [-0.25, -0.2) is 8.42 Å². The second-order valence-electron chi connectivity index (χ2n) is 3.48. The molecule has 5 nitrogen and oxygen atoms in total. The lowest BCUT2D eigenvalue weighted by molar-refractivity contribution is -0.120. The molecule has 0 fully saturated rings. The summed E-state index contributed by atoms with van der Waals surface area (Å²) in [7, 11) is -1.36. The lowest BCUT2D eigenvalue weighted by Gasteiger charge is -2.12. The second-order valence-corrected chi connectivity index (χ2v) is 5.88. The predicted octanol–water partition coefficient (Wildman–Crippen LogP) is -0.465. The molecule has 1 atom stereocenters. The normalized spacial score (nSPS) is 13.5. The van der Waals surface area contributed by atoms with E-state index in [4.69, 9.17) is 0 Å². The highest BCUT2D eigenvalue weighted by atomic mass is 32.2. The largest absolute Gasteiger partial charge is 0.359 e. The van der Waals surface area contributed by atoms with Crippen molar-refractivity contribution in [1.82, 2.24) is 10.6 Å². The number of carbonyl (C=O) groups is 1. The Hall–Kier alpha value is -0.620. The van der Waals surface area contributed by atoms with Crippen molar-refractivity contribution in [3.63, 3.8) is 0 Å². The van der Waals surface area contributed by atoms with Gasteiger partial charge in [0.25, 0.3) is 0 Å². The Morgan fingerprint density at radius 1 is 1.40 bits per heavy atom. The minimum Gasteiger partial charge on any atom is -0.359 e. The third kappa shape index (κ3) is 7.33. The molecule has 90 valence electrons. The van der Waals surface area contributed by atoms with E-state index in [1.54, 1.807) is 20.9 Å². The molecule has 15 heavy (non-hydrogen) atoms. The first kappa shape index (κ1) is 14.4. The van der Waals surface area contributed by atoms with E-state index >= 15 is 0 Å². The molecule has 0 aromatic carbocycles. The molecule has 0 rings (SSSR count). The average molecular weight is 236 g/mol. The van der Waals surface area contributed by atoms with Crippen LogP contribution in [0.15, 0.2) is 0 Å². The zero-order valence-electron chi connectivity index (χ0n) is 9.54. The van der Waals surface area contributed by atoms with Crippen molar-refractivity contribution in [2.75, 3.05) is 25.1 Å². The SMILES string of the molecule is CCS(=O)(=O)CC(C)NCCC(=O)NC. The van der Waals surface area contributed by atoms with Gasteiger partial charge in [0.1, 0.15) is 0 Å². The standard InChI is InChI=1S/C9H20N2O3S/c1-4-15(13,14)7-8(2)11-6-5-9(12)10-3/h8,11H,4-7H2,1-3H3,(H,10,12). The van der Waals surface area contributed by atoms with Crippen LogP contribution in [-0.4, -0.2) is 45.5 Å². The molecule has 0 aromatic heterocycles. The average Bonchev–Trinajstić information content (AvgIpc) is 2.16. The molecular weight excluding hydrogens is 216 g/mol. The van der Waals surface area contributed by atoms with Gasteiger partial charge in [-0.05, 0) is 6.92 Å². The summed E-state index contributed by atoms with van der Waals surface area (Å²) < 4.78 is 22.5. The van der Waals surface area contributed by atoms with Gasteiger partial charge in [-0.2, -0.15) is 0 Å². The minimum absolute atomic E-state index is 0.0481. The zero-order valence-corrected chi connectivity index (χ0v) is 10.4. The maximum Gasteiger partial charge on any atom is 0.221 e. The van der Waals surface area contributed by atoms with Crippen molar-refractivity contribution in [2.24, 2.45) is 0 Å². The Labute approximate surface area is 91.5 Å². The van der Waals surface area contributed by atoms with E-state index in [-0.39, 0.29) is 23.5 Å². The summed E-state index contributed by atoms with van der Waals surface area (Å²) in [5.74, 6) is 0.235. The third-order valence-corrected chi connectivity index (χ3v) is 3.95. The van der Waals surface area contributed by atoms with Gasteiger partial charge in [0.15, 0.2) is 9.84 Å². The Bertz CT molecular complexity index is 288. The fraction of sp³-hybridized carbons (Fsp3) is 0.889. The van der Waals surface area contributed by atoms with Crippen molar-refractivity contribution in [3.05, 3.63) is 0 Å². The Morgan fingerprint density at radius 2 is 2.00 bits per heavy atom. The molecule has 0 saturated heterocycles. The van der Waals surface area contributed by atoms with Gasteiger partial charge >= 0.3 is 0 Å². The first-order valence-corrected chi connectivity index (χ1v) is 6.87. The molecule has 0 radical (unpaired) electrons. The Kier molecular flexibility index (Phi) is 6.51. The molecule has 1 unspecified atom stereocenters. The summed E-state index contributed by atoms with van der Waals surface area (Å²) >= 11 is 0. The van der Waals surface area contributed by atoms with Crippen molar-refractivity contribution in [2.45, 2.75) is 26.3 Å². The Balaban J connectivity index is 3.76. The molecule has 0 heterocycles. The van der Waals surface area contributed by atoms with Crippen LogP contribution in [0, 0.1) is 0 Å². The van der Waals surface area contributed by atoms with Crippen LogP contribution in [0.5, 0.6) is 0 Å². The van der Waals surface area contributed by atoms with Crippen LogP contribution in [0.2, 0.25) is 0 Å². The van der Waals surface area contributed by atoms with E-state index in [0.717, 1.165) is 0 Å². The van der Waals surface area contributed by atoms with Crippen LogP contribution in [0.25, 0.3) is 0 Å². The van der Waals surface area contributed by atoms with Crippen LogP contribution >= 0.6 is 0 Å². The molecule has 0 aliphatic rings. The number of rotatable bonds is 7. The Morgan fingerprint density at radius 3 is 2.47 bits per heavy atom. The first-order chi connectivity index (χ1) is 6.91. The minimum atomic E-state index is -2.94. The highest BCUT2D eigenvalue weighted by Crippen LogP contribution is 1.94. The fourth-order valence-corrected chi connectivity index (χ4v) is 2.23. The number of nitrogens with one attached hydrogen (secondary N) is 2. The summed E-state index contributed by atoms with van der Waals surface area (Å²) in [5, 5.41) is 5.50. The van der Waals surface area contributed by atoms with E-state index in [9.17, 15) is 13.2 Å². The molecule has 0 bridgehead atoms. The molecular formula is C9H20N2O3S. The van der Waals surface area contributed by atoms with Crippen LogP contribution in [0.1, 0.15) is 20.3 Å². The van der Waals surface area contributed by atoms with Gasteiger partial charge in [-0.15, -0.1) is 0 Å². The predicted molar refractivity (Wildman–Crippen MR) is 60.5 cm³/mol. The molecule has 1 amide bonds. The topological polar surface area (TPSA) is 75.3 Å². The van der Waals surface area contributed by atoms with Crippen LogP contribution in [0.3, 0.4) is 0 Å². The van der Waals surface area contributed by atoms with E-state index in [2.05, 4.69) is 10.6 Å². The second kappa shape index (κ2) is 6.79. The van der Waals surface area contributed by atoms with Gasteiger partial charge in [0.05, 0.1) is 5.75 Å². The number of hydrogen-bond acceptors (Lipinski definition) is 4.